The van der Waals surface area contributed by atoms with Crippen LogP contribution in [0.1, 0.15) is 43.0 Å². The highest BCUT2D eigenvalue weighted by atomic mass is 16.1. The smallest absolute Gasteiger partial charge is 0.193 e. The van der Waals surface area contributed by atoms with Gasteiger partial charge in [-0.2, -0.15) is 0 Å². The Morgan fingerprint density at radius 3 is 1.03 bits per heavy atom. The molecule has 2 nitrogen and oxygen atoms in total. The Morgan fingerprint density at radius 1 is 0.400 bits per heavy atom. The monoisotopic (exact) mass is 390 g/mol. The molecule has 0 atom stereocenters. The first-order valence-electron chi connectivity index (χ1n) is 10.1. The maximum atomic E-state index is 12.5. The Kier molecular flexibility index (Phi) is 5.95. The van der Waals surface area contributed by atoms with E-state index in [4.69, 9.17) is 0 Å². The number of hydrogen-bond acceptors (Lipinski definition) is 2. The summed E-state index contributed by atoms with van der Waals surface area (Å²) in [5, 5.41) is 0. The lowest BCUT2D eigenvalue weighted by molar-refractivity contribution is 0.103. The van der Waals surface area contributed by atoms with Crippen molar-refractivity contribution < 1.29 is 9.59 Å². The van der Waals surface area contributed by atoms with E-state index < -0.39 is 0 Å². The lowest BCUT2D eigenvalue weighted by Crippen LogP contribution is -2.02. The van der Waals surface area contributed by atoms with Crippen molar-refractivity contribution in [3.8, 4) is 0 Å². The molecule has 0 aliphatic heterocycles. The van der Waals surface area contributed by atoms with Crippen LogP contribution >= 0.6 is 0 Å². The summed E-state index contributed by atoms with van der Waals surface area (Å²) in [7, 11) is 0. The number of carbonyl (C=O) groups excluding carboxylic acids is 2. The summed E-state index contributed by atoms with van der Waals surface area (Å²) in [4.78, 5) is 25.0. The zero-order chi connectivity index (χ0) is 20.8. The molecule has 0 fully saturated rings. The van der Waals surface area contributed by atoms with E-state index in [0.717, 1.165) is 12.8 Å². The van der Waals surface area contributed by atoms with Gasteiger partial charge < -0.3 is 0 Å². The van der Waals surface area contributed by atoms with E-state index in [1.165, 1.54) is 11.1 Å². The Morgan fingerprint density at radius 2 is 0.700 bits per heavy atom. The van der Waals surface area contributed by atoms with Gasteiger partial charge >= 0.3 is 0 Å². The third-order valence-corrected chi connectivity index (χ3v) is 5.21. The van der Waals surface area contributed by atoms with Gasteiger partial charge in [0.15, 0.2) is 11.6 Å². The normalized spacial score (nSPS) is 10.5. The van der Waals surface area contributed by atoms with Crippen molar-refractivity contribution in [3.05, 3.63) is 143 Å². The fourth-order valence-corrected chi connectivity index (χ4v) is 3.45. The van der Waals surface area contributed by atoms with Gasteiger partial charge in [0.05, 0.1) is 0 Å². The van der Waals surface area contributed by atoms with Crippen LogP contribution in [0.25, 0.3) is 0 Å². The Bertz CT molecular complexity index is 1030. The molecule has 0 N–H and O–H groups in total. The van der Waals surface area contributed by atoms with Crippen molar-refractivity contribution in [1.29, 1.82) is 0 Å². The molecule has 4 aromatic carbocycles. The molecule has 0 spiro atoms. The lowest BCUT2D eigenvalue weighted by atomic mass is 9.98. The highest BCUT2D eigenvalue weighted by Gasteiger charge is 2.09. The molecule has 2 heteroatoms. The highest BCUT2D eigenvalue weighted by Crippen LogP contribution is 2.15. The lowest BCUT2D eigenvalue weighted by Gasteiger charge is -2.06. The van der Waals surface area contributed by atoms with Crippen LogP contribution in [0, 0.1) is 0 Å². The molecule has 0 saturated carbocycles. The van der Waals surface area contributed by atoms with Crippen molar-refractivity contribution >= 4 is 11.6 Å². The number of carbonyl (C=O) groups is 2. The summed E-state index contributed by atoms with van der Waals surface area (Å²) < 4.78 is 0. The summed E-state index contributed by atoms with van der Waals surface area (Å²) in [6, 6.07) is 34.3. The maximum Gasteiger partial charge on any atom is 0.193 e. The van der Waals surface area contributed by atoms with Crippen LogP contribution in [0.4, 0.5) is 0 Å². The minimum atomic E-state index is 0.0424. The molecule has 0 amide bonds. The van der Waals surface area contributed by atoms with Crippen LogP contribution in [0.5, 0.6) is 0 Å². The average molecular weight is 390 g/mol. The first-order valence-corrected chi connectivity index (χ1v) is 10.1. The predicted molar refractivity (Wildman–Crippen MR) is 120 cm³/mol. The maximum absolute atomic E-state index is 12.5. The molecule has 0 aromatic heterocycles. The van der Waals surface area contributed by atoms with Gasteiger partial charge in [-0.25, -0.2) is 0 Å². The average Bonchev–Trinajstić information content (AvgIpc) is 2.83. The van der Waals surface area contributed by atoms with Gasteiger partial charge in [0.2, 0.25) is 0 Å². The standard InChI is InChI=1S/C28H22O2/c29-27(23-7-3-1-4-8-23)25-17-13-21(14-18-25)11-12-22-15-19-26(20-16-22)28(30)24-9-5-2-6-10-24/h1-10,13-20H,11-12H2. The Balaban J connectivity index is 1.37. The molecule has 0 aliphatic carbocycles. The second kappa shape index (κ2) is 9.15. The summed E-state index contributed by atoms with van der Waals surface area (Å²) in [5.41, 5.74) is 5.18. The van der Waals surface area contributed by atoms with Gasteiger partial charge in [-0.3, -0.25) is 9.59 Å². The van der Waals surface area contributed by atoms with E-state index >= 15 is 0 Å². The largest absolute Gasteiger partial charge is 0.289 e. The molecule has 0 heterocycles. The molecule has 0 radical (unpaired) electrons. The van der Waals surface area contributed by atoms with E-state index in [0.29, 0.717) is 22.3 Å². The second-order valence-electron chi connectivity index (χ2n) is 7.28. The van der Waals surface area contributed by atoms with Crippen LogP contribution in [0.15, 0.2) is 109 Å². The van der Waals surface area contributed by atoms with Crippen molar-refractivity contribution in [3.63, 3.8) is 0 Å². The summed E-state index contributed by atoms with van der Waals surface area (Å²) in [6.45, 7) is 0. The van der Waals surface area contributed by atoms with Crippen LogP contribution in [0.3, 0.4) is 0 Å². The third kappa shape index (κ3) is 4.61. The Labute approximate surface area is 176 Å². The van der Waals surface area contributed by atoms with Crippen LogP contribution in [-0.2, 0) is 12.8 Å². The minimum absolute atomic E-state index is 0.0424. The molecule has 0 saturated heterocycles. The molecule has 4 rings (SSSR count). The molecular formula is C28H22O2. The van der Waals surface area contributed by atoms with Crippen molar-refractivity contribution in [1.82, 2.24) is 0 Å². The molecule has 0 aliphatic rings. The van der Waals surface area contributed by atoms with E-state index in [9.17, 15) is 9.59 Å². The summed E-state index contributed by atoms with van der Waals surface area (Å²) in [6.07, 6.45) is 1.76. The fourth-order valence-electron chi connectivity index (χ4n) is 3.45. The topological polar surface area (TPSA) is 34.1 Å². The van der Waals surface area contributed by atoms with E-state index in [-0.39, 0.29) is 11.6 Å². The molecule has 146 valence electrons. The second-order valence-corrected chi connectivity index (χ2v) is 7.28. The molecule has 4 aromatic rings. The SMILES string of the molecule is O=C(c1ccccc1)c1ccc(CCc2ccc(C(=O)c3ccccc3)cc2)cc1. The van der Waals surface area contributed by atoms with Crippen molar-refractivity contribution in [2.24, 2.45) is 0 Å². The number of benzene rings is 4. The number of ketones is 2. The molecule has 0 unspecified atom stereocenters. The summed E-state index contributed by atoms with van der Waals surface area (Å²) >= 11 is 0. The van der Waals surface area contributed by atoms with E-state index in [2.05, 4.69) is 0 Å². The number of hydrogen-bond donors (Lipinski definition) is 0. The predicted octanol–water partition coefficient (Wildman–Crippen LogP) is 5.93. The fraction of sp³-hybridized carbons (Fsp3) is 0.0714. The first-order chi connectivity index (χ1) is 14.7. The molecular weight excluding hydrogens is 368 g/mol. The van der Waals surface area contributed by atoms with Gasteiger partial charge in [-0.1, -0.05) is 109 Å². The van der Waals surface area contributed by atoms with Gasteiger partial charge in [0, 0.05) is 22.3 Å². The molecule has 0 bridgehead atoms. The van der Waals surface area contributed by atoms with E-state index in [1.54, 1.807) is 0 Å². The third-order valence-electron chi connectivity index (χ3n) is 5.21. The quantitative estimate of drug-likeness (QED) is 0.366. The highest BCUT2D eigenvalue weighted by molar-refractivity contribution is 6.09. The van der Waals surface area contributed by atoms with Gasteiger partial charge in [-0.15, -0.1) is 0 Å². The van der Waals surface area contributed by atoms with Gasteiger partial charge in [0.25, 0.3) is 0 Å². The number of rotatable bonds is 7. The van der Waals surface area contributed by atoms with Crippen molar-refractivity contribution in [2.45, 2.75) is 12.8 Å². The van der Waals surface area contributed by atoms with Crippen LogP contribution < -0.4 is 0 Å². The minimum Gasteiger partial charge on any atom is -0.289 e. The first kappa shape index (κ1) is 19.5. The van der Waals surface area contributed by atoms with Gasteiger partial charge in [0.1, 0.15) is 0 Å². The molecule has 30 heavy (non-hydrogen) atoms. The van der Waals surface area contributed by atoms with Crippen LogP contribution in [-0.4, -0.2) is 11.6 Å². The van der Waals surface area contributed by atoms with Gasteiger partial charge in [-0.05, 0) is 24.0 Å². The summed E-state index contributed by atoms with van der Waals surface area (Å²) in [5.74, 6) is 0.0849. The number of aryl methyl sites for hydroxylation is 2. The van der Waals surface area contributed by atoms with Crippen LogP contribution in [0.2, 0.25) is 0 Å². The van der Waals surface area contributed by atoms with Crippen molar-refractivity contribution in [2.75, 3.05) is 0 Å². The Hall–Kier alpha value is -3.78. The zero-order valence-electron chi connectivity index (χ0n) is 16.6. The van der Waals surface area contributed by atoms with E-state index in [1.807, 2.05) is 109 Å². The zero-order valence-corrected chi connectivity index (χ0v) is 16.6.